The number of hydrogen-bond donors (Lipinski definition) is 1. The molecule has 0 saturated carbocycles. The van der Waals surface area contributed by atoms with Crippen LogP contribution >= 0.6 is 0 Å². The Hall–Kier alpha value is -1.16. The van der Waals surface area contributed by atoms with E-state index in [4.69, 9.17) is 0 Å². The number of anilines is 1. The van der Waals surface area contributed by atoms with Gasteiger partial charge in [-0.3, -0.25) is 4.98 Å². The van der Waals surface area contributed by atoms with Crippen LogP contribution in [0.2, 0.25) is 0 Å². The van der Waals surface area contributed by atoms with E-state index in [1.807, 2.05) is 0 Å². The van der Waals surface area contributed by atoms with Gasteiger partial charge < -0.3 is 10.2 Å². The zero-order chi connectivity index (χ0) is 9.54. The van der Waals surface area contributed by atoms with Crippen LogP contribution in [0, 0.1) is 5.82 Å². The zero-order valence-electron chi connectivity index (χ0n) is 7.78. The minimum Gasteiger partial charge on any atom is -0.364 e. The molecule has 0 aliphatic carbocycles. The molecule has 1 aromatic rings. The molecule has 0 aromatic carbocycles. The maximum Gasteiger partial charge on any atom is 0.143 e. The van der Waals surface area contributed by atoms with E-state index in [9.17, 15) is 4.39 Å². The van der Waals surface area contributed by atoms with Crippen molar-refractivity contribution in [2.24, 2.45) is 0 Å². The van der Waals surface area contributed by atoms with Crippen molar-refractivity contribution in [3.8, 4) is 0 Å². The van der Waals surface area contributed by atoms with Crippen LogP contribution in [0.5, 0.6) is 0 Å². The quantitative estimate of drug-likeness (QED) is 0.714. The van der Waals surface area contributed by atoms with E-state index in [1.54, 1.807) is 12.3 Å². The summed E-state index contributed by atoms with van der Waals surface area (Å²) in [5, 5.41) is 3.41. The van der Waals surface area contributed by atoms with E-state index in [1.165, 1.54) is 12.6 Å². The fourth-order valence-electron chi connectivity index (χ4n) is 2.43. The van der Waals surface area contributed by atoms with Gasteiger partial charge in [-0.1, -0.05) is 0 Å². The highest BCUT2D eigenvalue weighted by atomic mass is 19.1. The lowest BCUT2D eigenvalue weighted by Crippen LogP contribution is -2.43. The van der Waals surface area contributed by atoms with E-state index < -0.39 is 0 Å². The van der Waals surface area contributed by atoms with Gasteiger partial charge in [0.05, 0.1) is 18.1 Å². The Balaban J connectivity index is 1.89. The minimum atomic E-state index is -0.252. The molecule has 2 bridgehead atoms. The third-order valence-corrected chi connectivity index (χ3v) is 3.08. The molecule has 1 aromatic heterocycles. The van der Waals surface area contributed by atoms with Gasteiger partial charge in [-0.2, -0.15) is 0 Å². The fourth-order valence-corrected chi connectivity index (χ4v) is 2.43. The van der Waals surface area contributed by atoms with E-state index >= 15 is 0 Å². The zero-order valence-corrected chi connectivity index (χ0v) is 7.78. The predicted molar refractivity (Wildman–Crippen MR) is 51.7 cm³/mol. The molecule has 74 valence electrons. The van der Waals surface area contributed by atoms with Crippen LogP contribution in [0.15, 0.2) is 18.5 Å². The van der Waals surface area contributed by atoms with Crippen molar-refractivity contribution < 1.29 is 4.39 Å². The Bertz CT molecular complexity index is 355. The van der Waals surface area contributed by atoms with Gasteiger partial charge in [0, 0.05) is 31.2 Å². The molecule has 0 radical (unpaired) electrons. The fraction of sp³-hybridized carbons (Fsp3) is 0.500. The van der Waals surface area contributed by atoms with Crippen LogP contribution in [0.4, 0.5) is 10.1 Å². The Labute approximate surface area is 81.9 Å². The Morgan fingerprint density at radius 3 is 3.07 bits per heavy atom. The summed E-state index contributed by atoms with van der Waals surface area (Å²) in [4.78, 5) is 6.12. The second-order valence-corrected chi connectivity index (χ2v) is 4.01. The maximum atomic E-state index is 13.0. The summed E-state index contributed by atoms with van der Waals surface area (Å²) in [5.74, 6) is -0.252. The summed E-state index contributed by atoms with van der Waals surface area (Å²) in [6.07, 6.45) is 4.16. The Kier molecular flexibility index (Phi) is 1.70. The summed E-state index contributed by atoms with van der Waals surface area (Å²) in [6.45, 7) is 2.00. The van der Waals surface area contributed by atoms with E-state index in [2.05, 4.69) is 15.2 Å². The van der Waals surface area contributed by atoms with Gasteiger partial charge in [-0.05, 0) is 6.42 Å². The van der Waals surface area contributed by atoms with Gasteiger partial charge in [0.1, 0.15) is 5.82 Å². The first-order valence-electron chi connectivity index (χ1n) is 4.93. The average Bonchev–Trinajstić information content (AvgIpc) is 2.78. The highest BCUT2D eigenvalue weighted by Gasteiger charge is 2.37. The molecule has 14 heavy (non-hydrogen) atoms. The summed E-state index contributed by atoms with van der Waals surface area (Å²) in [7, 11) is 0. The van der Waals surface area contributed by atoms with Crippen molar-refractivity contribution in [1.29, 1.82) is 0 Å². The Morgan fingerprint density at radius 2 is 2.43 bits per heavy atom. The number of pyridine rings is 1. The molecular formula is C10H12FN3. The molecule has 2 atom stereocenters. The second kappa shape index (κ2) is 2.92. The number of hydrogen-bond acceptors (Lipinski definition) is 3. The molecule has 2 aliphatic heterocycles. The minimum absolute atomic E-state index is 0.252. The summed E-state index contributed by atoms with van der Waals surface area (Å²) < 4.78 is 13.0. The van der Waals surface area contributed by atoms with Crippen LogP contribution in [0.3, 0.4) is 0 Å². The lowest BCUT2D eigenvalue weighted by molar-refractivity contribution is 0.575. The lowest BCUT2D eigenvalue weighted by Gasteiger charge is -2.29. The van der Waals surface area contributed by atoms with Gasteiger partial charge >= 0.3 is 0 Å². The number of rotatable bonds is 1. The van der Waals surface area contributed by atoms with Crippen molar-refractivity contribution in [2.45, 2.75) is 18.5 Å². The van der Waals surface area contributed by atoms with Crippen LogP contribution in [-0.2, 0) is 0 Å². The monoisotopic (exact) mass is 193 g/mol. The number of nitrogens with one attached hydrogen (secondary N) is 1. The maximum absolute atomic E-state index is 13.0. The SMILES string of the molecule is Fc1cncc(N2C[C@H]3C[C@@H]2CN3)c1. The predicted octanol–water partition coefficient (Wildman–Crippen LogP) is 0.771. The number of piperazine rings is 1. The number of aromatic nitrogens is 1. The molecule has 3 nitrogen and oxygen atoms in total. The first kappa shape index (κ1) is 8.17. The molecule has 0 spiro atoms. The third kappa shape index (κ3) is 1.18. The number of nitrogens with zero attached hydrogens (tertiary/aromatic N) is 2. The molecule has 2 aliphatic rings. The van der Waals surface area contributed by atoms with Crippen LogP contribution in [0.25, 0.3) is 0 Å². The molecule has 2 saturated heterocycles. The molecule has 0 unspecified atom stereocenters. The number of fused-ring (bicyclic) bond motifs is 2. The lowest BCUT2D eigenvalue weighted by atomic mass is 10.2. The van der Waals surface area contributed by atoms with Crippen molar-refractivity contribution in [3.63, 3.8) is 0 Å². The highest BCUT2D eigenvalue weighted by molar-refractivity contribution is 5.48. The van der Waals surface area contributed by atoms with Crippen LogP contribution in [-0.4, -0.2) is 30.2 Å². The van der Waals surface area contributed by atoms with Gasteiger partial charge in [0.15, 0.2) is 0 Å². The standard InChI is InChI=1S/C10H12FN3/c11-7-1-9(4-12-3-7)14-6-8-2-10(14)5-13-8/h1,3-4,8,10,13H,2,5-6H2/t8-,10-/m1/s1. The summed E-state index contributed by atoms with van der Waals surface area (Å²) in [5.41, 5.74) is 0.916. The largest absolute Gasteiger partial charge is 0.364 e. The molecule has 0 amide bonds. The molecule has 3 rings (SSSR count). The first-order chi connectivity index (χ1) is 6.83. The Morgan fingerprint density at radius 1 is 1.50 bits per heavy atom. The first-order valence-corrected chi connectivity index (χ1v) is 4.93. The van der Waals surface area contributed by atoms with E-state index in [0.29, 0.717) is 12.1 Å². The van der Waals surface area contributed by atoms with E-state index in [-0.39, 0.29) is 5.82 Å². The van der Waals surface area contributed by atoms with Gasteiger partial charge in [0.25, 0.3) is 0 Å². The highest BCUT2D eigenvalue weighted by Crippen LogP contribution is 2.28. The van der Waals surface area contributed by atoms with Crippen molar-refractivity contribution in [2.75, 3.05) is 18.0 Å². The van der Waals surface area contributed by atoms with Crippen molar-refractivity contribution >= 4 is 5.69 Å². The molecule has 2 fully saturated rings. The molecule has 4 heteroatoms. The third-order valence-electron chi connectivity index (χ3n) is 3.08. The molecular weight excluding hydrogens is 181 g/mol. The van der Waals surface area contributed by atoms with Crippen molar-refractivity contribution in [1.82, 2.24) is 10.3 Å². The van der Waals surface area contributed by atoms with Gasteiger partial charge in [0.2, 0.25) is 0 Å². The topological polar surface area (TPSA) is 28.2 Å². The second-order valence-electron chi connectivity index (χ2n) is 4.01. The van der Waals surface area contributed by atoms with Crippen LogP contribution in [0.1, 0.15) is 6.42 Å². The molecule has 3 heterocycles. The van der Waals surface area contributed by atoms with E-state index in [0.717, 1.165) is 18.8 Å². The number of halogens is 1. The summed E-state index contributed by atoms with van der Waals surface area (Å²) in [6, 6.07) is 2.68. The van der Waals surface area contributed by atoms with Gasteiger partial charge in [-0.25, -0.2) is 4.39 Å². The summed E-state index contributed by atoms with van der Waals surface area (Å²) >= 11 is 0. The average molecular weight is 193 g/mol. The van der Waals surface area contributed by atoms with Crippen LogP contribution < -0.4 is 10.2 Å². The normalized spacial score (nSPS) is 29.9. The smallest absolute Gasteiger partial charge is 0.143 e. The van der Waals surface area contributed by atoms with Crippen molar-refractivity contribution in [3.05, 3.63) is 24.3 Å². The van der Waals surface area contributed by atoms with Gasteiger partial charge in [-0.15, -0.1) is 0 Å². The molecule has 1 N–H and O–H groups in total.